The number of hydrogen-bond acceptors (Lipinski definition) is 2. The minimum Gasteiger partial charge on any atom is -0.393 e. The molecule has 1 heterocycles. The molecule has 1 aromatic heterocycles. The van der Waals surface area contributed by atoms with Gasteiger partial charge in [-0.15, -0.1) is 11.3 Å². The zero-order valence-electron chi connectivity index (χ0n) is 9.17. The van der Waals surface area contributed by atoms with Gasteiger partial charge in [-0.25, -0.2) is 0 Å². The van der Waals surface area contributed by atoms with Crippen LogP contribution in [-0.2, 0) is 12.8 Å². The highest BCUT2D eigenvalue weighted by atomic mass is 32.1. The van der Waals surface area contributed by atoms with Crippen molar-refractivity contribution in [3.8, 4) is 0 Å². The molecule has 0 aliphatic carbocycles. The Hall–Kier alpha value is -1.12. The van der Waals surface area contributed by atoms with E-state index in [-0.39, 0.29) is 6.10 Å². The topological polar surface area (TPSA) is 20.2 Å². The molecule has 0 amide bonds. The van der Waals surface area contributed by atoms with Crippen LogP contribution in [-0.4, -0.2) is 11.2 Å². The average Bonchev–Trinajstić information content (AvgIpc) is 2.81. The van der Waals surface area contributed by atoms with Gasteiger partial charge < -0.3 is 5.11 Å². The number of benzene rings is 1. The van der Waals surface area contributed by atoms with Crippen molar-refractivity contribution in [3.63, 3.8) is 0 Å². The number of rotatable bonds is 5. The number of hydrogen-bond donors (Lipinski definition) is 1. The van der Waals surface area contributed by atoms with Crippen molar-refractivity contribution >= 4 is 11.3 Å². The summed E-state index contributed by atoms with van der Waals surface area (Å²) in [5.41, 5.74) is 1.30. The van der Waals surface area contributed by atoms with Crippen molar-refractivity contribution in [2.75, 3.05) is 0 Å². The minimum atomic E-state index is -0.223. The van der Waals surface area contributed by atoms with E-state index in [0.29, 0.717) is 0 Å². The van der Waals surface area contributed by atoms with Gasteiger partial charge in [-0.2, -0.15) is 0 Å². The standard InChI is InChI=1S/C14H16OS/c15-13(11-14-7-4-10-16-14)9-8-12-5-2-1-3-6-12/h1-7,10,13,15H,8-9,11H2. The lowest BCUT2D eigenvalue weighted by molar-refractivity contribution is 0.166. The first-order valence-corrected chi connectivity index (χ1v) is 6.47. The maximum Gasteiger partial charge on any atom is 0.0591 e. The molecule has 1 aromatic carbocycles. The molecule has 1 unspecified atom stereocenters. The number of aliphatic hydroxyl groups is 1. The summed E-state index contributed by atoms with van der Waals surface area (Å²) >= 11 is 1.71. The van der Waals surface area contributed by atoms with Crippen molar-refractivity contribution in [1.29, 1.82) is 0 Å². The van der Waals surface area contributed by atoms with Gasteiger partial charge >= 0.3 is 0 Å². The molecule has 2 heteroatoms. The zero-order chi connectivity index (χ0) is 11.2. The van der Waals surface area contributed by atoms with Gasteiger partial charge in [0.25, 0.3) is 0 Å². The second kappa shape index (κ2) is 5.83. The Labute approximate surface area is 100 Å². The molecular formula is C14H16OS. The third-order valence-electron chi connectivity index (χ3n) is 2.63. The van der Waals surface area contributed by atoms with Gasteiger partial charge in [-0.3, -0.25) is 0 Å². The van der Waals surface area contributed by atoms with Gasteiger partial charge in [0.05, 0.1) is 6.10 Å². The van der Waals surface area contributed by atoms with E-state index in [1.807, 2.05) is 24.3 Å². The summed E-state index contributed by atoms with van der Waals surface area (Å²) < 4.78 is 0. The Morgan fingerprint density at radius 3 is 2.56 bits per heavy atom. The summed E-state index contributed by atoms with van der Waals surface area (Å²) in [7, 11) is 0. The molecule has 0 bridgehead atoms. The van der Waals surface area contributed by atoms with E-state index < -0.39 is 0 Å². The fourth-order valence-electron chi connectivity index (χ4n) is 1.74. The van der Waals surface area contributed by atoms with Gasteiger partial charge in [0.2, 0.25) is 0 Å². The predicted molar refractivity (Wildman–Crippen MR) is 68.8 cm³/mol. The molecule has 0 aliphatic heterocycles. The van der Waals surface area contributed by atoms with Crippen LogP contribution in [0, 0.1) is 0 Å². The van der Waals surface area contributed by atoms with Crippen molar-refractivity contribution in [1.82, 2.24) is 0 Å². The van der Waals surface area contributed by atoms with Crippen LogP contribution in [0.25, 0.3) is 0 Å². The quantitative estimate of drug-likeness (QED) is 0.838. The molecule has 0 saturated heterocycles. The molecule has 0 spiro atoms. The summed E-state index contributed by atoms with van der Waals surface area (Å²) in [5, 5.41) is 11.9. The third-order valence-corrected chi connectivity index (χ3v) is 3.52. The van der Waals surface area contributed by atoms with Crippen molar-refractivity contribution in [2.24, 2.45) is 0 Å². The Kier molecular flexibility index (Phi) is 4.14. The van der Waals surface area contributed by atoms with E-state index in [1.165, 1.54) is 10.4 Å². The lowest BCUT2D eigenvalue weighted by Crippen LogP contribution is -2.10. The molecule has 1 nitrogen and oxygen atoms in total. The Morgan fingerprint density at radius 2 is 1.88 bits per heavy atom. The summed E-state index contributed by atoms with van der Waals surface area (Å²) in [4.78, 5) is 1.26. The third kappa shape index (κ3) is 3.47. The molecular weight excluding hydrogens is 216 g/mol. The van der Waals surface area contributed by atoms with Gasteiger partial charge in [-0.1, -0.05) is 36.4 Å². The van der Waals surface area contributed by atoms with Gasteiger partial charge in [0.1, 0.15) is 0 Å². The fraction of sp³-hybridized carbons (Fsp3) is 0.286. The van der Waals surface area contributed by atoms with Crippen LogP contribution in [0.15, 0.2) is 47.8 Å². The fourth-order valence-corrected chi connectivity index (χ4v) is 2.52. The van der Waals surface area contributed by atoms with Gasteiger partial charge in [-0.05, 0) is 29.9 Å². The van der Waals surface area contributed by atoms with Crippen LogP contribution in [0.3, 0.4) is 0 Å². The van der Waals surface area contributed by atoms with E-state index in [9.17, 15) is 5.11 Å². The van der Waals surface area contributed by atoms with Crippen molar-refractivity contribution < 1.29 is 5.11 Å². The maximum atomic E-state index is 9.89. The Morgan fingerprint density at radius 1 is 1.06 bits per heavy atom. The van der Waals surface area contributed by atoms with Crippen molar-refractivity contribution in [3.05, 3.63) is 58.3 Å². The molecule has 0 fully saturated rings. The second-order valence-electron chi connectivity index (χ2n) is 3.96. The predicted octanol–water partition coefficient (Wildman–Crippen LogP) is 3.28. The Bertz CT molecular complexity index is 394. The number of aryl methyl sites for hydroxylation is 1. The average molecular weight is 232 g/mol. The first-order chi connectivity index (χ1) is 7.84. The molecule has 0 aliphatic rings. The first-order valence-electron chi connectivity index (χ1n) is 5.59. The number of thiophene rings is 1. The van der Waals surface area contributed by atoms with Crippen LogP contribution >= 0.6 is 11.3 Å². The van der Waals surface area contributed by atoms with Crippen molar-refractivity contribution in [2.45, 2.75) is 25.4 Å². The first kappa shape index (κ1) is 11.4. The van der Waals surface area contributed by atoms with Gasteiger partial charge in [0, 0.05) is 11.3 Å². The highest BCUT2D eigenvalue weighted by Gasteiger charge is 2.06. The zero-order valence-corrected chi connectivity index (χ0v) is 9.99. The summed E-state index contributed by atoms with van der Waals surface area (Å²) in [6.07, 6.45) is 2.35. The maximum absolute atomic E-state index is 9.89. The normalized spacial score (nSPS) is 12.6. The molecule has 1 N–H and O–H groups in total. The highest BCUT2D eigenvalue weighted by Crippen LogP contribution is 2.14. The van der Waals surface area contributed by atoms with E-state index in [4.69, 9.17) is 0 Å². The SMILES string of the molecule is OC(CCc1ccccc1)Cc1cccs1. The summed E-state index contributed by atoms with van der Waals surface area (Å²) in [5.74, 6) is 0. The highest BCUT2D eigenvalue weighted by molar-refractivity contribution is 7.09. The van der Waals surface area contributed by atoms with Crippen LogP contribution in [0.2, 0.25) is 0 Å². The second-order valence-corrected chi connectivity index (χ2v) is 4.99. The molecule has 2 aromatic rings. The van der Waals surface area contributed by atoms with Crippen LogP contribution in [0.5, 0.6) is 0 Å². The molecule has 84 valence electrons. The van der Waals surface area contributed by atoms with Crippen LogP contribution < -0.4 is 0 Å². The lowest BCUT2D eigenvalue weighted by atomic mass is 10.0. The van der Waals surface area contributed by atoms with Crippen LogP contribution in [0.1, 0.15) is 16.9 Å². The molecule has 0 radical (unpaired) electrons. The minimum absolute atomic E-state index is 0.223. The molecule has 0 saturated carbocycles. The van der Waals surface area contributed by atoms with E-state index in [1.54, 1.807) is 11.3 Å². The monoisotopic (exact) mass is 232 g/mol. The largest absolute Gasteiger partial charge is 0.393 e. The molecule has 2 rings (SSSR count). The molecule has 1 atom stereocenters. The van der Waals surface area contributed by atoms with Gasteiger partial charge in [0.15, 0.2) is 0 Å². The molecule has 16 heavy (non-hydrogen) atoms. The van der Waals surface area contributed by atoms with Crippen LogP contribution in [0.4, 0.5) is 0 Å². The van der Waals surface area contributed by atoms with E-state index in [0.717, 1.165) is 19.3 Å². The van der Waals surface area contributed by atoms with E-state index >= 15 is 0 Å². The Balaban J connectivity index is 1.78. The summed E-state index contributed by atoms with van der Waals surface area (Å²) in [6.45, 7) is 0. The lowest BCUT2D eigenvalue weighted by Gasteiger charge is -2.08. The number of aliphatic hydroxyl groups excluding tert-OH is 1. The smallest absolute Gasteiger partial charge is 0.0591 e. The summed E-state index contributed by atoms with van der Waals surface area (Å²) in [6, 6.07) is 14.4. The van der Waals surface area contributed by atoms with E-state index in [2.05, 4.69) is 23.6 Å².